The predicted octanol–water partition coefficient (Wildman–Crippen LogP) is 3.77. The number of rotatable bonds is 3. The molecule has 1 aliphatic carbocycles. The van der Waals surface area contributed by atoms with Gasteiger partial charge in [-0.15, -0.1) is 0 Å². The zero-order chi connectivity index (χ0) is 14.7. The Balaban J connectivity index is 1.76. The average Bonchev–Trinajstić information content (AvgIpc) is 2.71. The summed E-state index contributed by atoms with van der Waals surface area (Å²) < 4.78 is 0. The predicted molar refractivity (Wildman–Crippen MR) is 89.6 cm³/mol. The molecule has 0 bridgehead atoms. The van der Waals surface area contributed by atoms with Gasteiger partial charge in [-0.3, -0.25) is 4.90 Å². The number of nitrogens with one attached hydrogen (secondary N) is 1. The van der Waals surface area contributed by atoms with Crippen LogP contribution in [0.3, 0.4) is 0 Å². The quantitative estimate of drug-likeness (QED) is 0.910. The van der Waals surface area contributed by atoms with Crippen molar-refractivity contribution in [3.05, 3.63) is 35.4 Å². The van der Waals surface area contributed by atoms with Crippen LogP contribution in [0.2, 0.25) is 0 Å². The second-order valence-corrected chi connectivity index (χ2v) is 7.24. The van der Waals surface area contributed by atoms with Crippen LogP contribution in [0.4, 0.5) is 0 Å². The van der Waals surface area contributed by atoms with Gasteiger partial charge in [0.2, 0.25) is 0 Å². The van der Waals surface area contributed by atoms with E-state index in [1.165, 1.54) is 51.7 Å². The zero-order valence-corrected chi connectivity index (χ0v) is 13.6. The van der Waals surface area contributed by atoms with Crippen molar-refractivity contribution in [1.82, 2.24) is 10.2 Å². The largest absolute Gasteiger partial charge is 0.313 e. The summed E-state index contributed by atoms with van der Waals surface area (Å²) in [4.78, 5) is 2.77. The average molecular weight is 286 g/mol. The highest BCUT2D eigenvalue weighted by atomic mass is 15.2. The van der Waals surface area contributed by atoms with Crippen LogP contribution < -0.4 is 5.32 Å². The van der Waals surface area contributed by atoms with Crippen molar-refractivity contribution < 1.29 is 0 Å². The van der Waals surface area contributed by atoms with Crippen LogP contribution in [-0.2, 0) is 6.42 Å². The normalized spacial score (nSPS) is 27.4. The monoisotopic (exact) mass is 286 g/mol. The van der Waals surface area contributed by atoms with Gasteiger partial charge < -0.3 is 5.32 Å². The molecule has 0 spiro atoms. The lowest BCUT2D eigenvalue weighted by Gasteiger charge is -2.36. The van der Waals surface area contributed by atoms with E-state index in [4.69, 9.17) is 0 Å². The van der Waals surface area contributed by atoms with Gasteiger partial charge in [0.25, 0.3) is 0 Å². The lowest BCUT2D eigenvalue weighted by molar-refractivity contribution is 0.170. The molecule has 0 saturated carbocycles. The Labute approximate surface area is 129 Å². The maximum atomic E-state index is 3.76. The summed E-state index contributed by atoms with van der Waals surface area (Å²) in [5.74, 6) is 0.779. The SMILES string of the molecule is CC(C)CC1CN(C2CCCc3ccccc32)CCCN1. The van der Waals surface area contributed by atoms with Gasteiger partial charge >= 0.3 is 0 Å². The maximum absolute atomic E-state index is 3.76. The number of hydrogen-bond donors (Lipinski definition) is 1. The van der Waals surface area contributed by atoms with Crippen LogP contribution in [0.1, 0.15) is 56.7 Å². The first kappa shape index (κ1) is 15.1. The molecule has 2 nitrogen and oxygen atoms in total. The molecule has 1 heterocycles. The van der Waals surface area contributed by atoms with Crippen LogP contribution in [-0.4, -0.2) is 30.6 Å². The Morgan fingerprint density at radius 1 is 1.24 bits per heavy atom. The molecule has 1 aliphatic heterocycles. The van der Waals surface area contributed by atoms with Gasteiger partial charge in [-0.05, 0) is 55.7 Å². The first-order valence-electron chi connectivity index (χ1n) is 8.79. The molecule has 2 atom stereocenters. The Hall–Kier alpha value is -0.860. The van der Waals surface area contributed by atoms with Gasteiger partial charge in [0.15, 0.2) is 0 Å². The van der Waals surface area contributed by atoms with E-state index in [1.807, 2.05) is 0 Å². The van der Waals surface area contributed by atoms with Crippen molar-refractivity contribution in [3.63, 3.8) is 0 Å². The van der Waals surface area contributed by atoms with Crippen molar-refractivity contribution in [2.75, 3.05) is 19.6 Å². The molecule has 1 fully saturated rings. The highest BCUT2D eigenvalue weighted by molar-refractivity contribution is 5.32. The minimum Gasteiger partial charge on any atom is -0.313 e. The minimum absolute atomic E-state index is 0.657. The van der Waals surface area contributed by atoms with Gasteiger partial charge in [-0.1, -0.05) is 38.1 Å². The summed E-state index contributed by atoms with van der Waals surface area (Å²) in [6.45, 7) is 8.33. The standard InChI is InChI=1S/C19H30N2/c1-15(2)13-17-14-21(12-6-11-20-17)19-10-5-8-16-7-3-4-9-18(16)19/h3-4,7,9,15,17,19-20H,5-6,8,10-14H2,1-2H3. The van der Waals surface area contributed by atoms with E-state index in [0.717, 1.165) is 5.92 Å². The minimum atomic E-state index is 0.657. The molecule has 1 saturated heterocycles. The molecule has 2 aliphatic rings. The summed E-state index contributed by atoms with van der Waals surface area (Å²) in [7, 11) is 0. The molecule has 0 radical (unpaired) electrons. The summed E-state index contributed by atoms with van der Waals surface area (Å²) in [6, 6.07) is 10.5. The summed E-state index contributed by atoms with van der Waals surface area (Å²) >= 11 is 0. The van der Waals surface area contributed by atoms with Gasteiger partial charge in [0.05, 0.1) is 0 Å². The molecular weight excluding hydrogens is 256 g/mol. The van der Waals surface area contributed by atoms with E-state index in [0.29, 0.717) is 12.1 Å². The van der Waals surface area contributed by atoms with E-state index in [1.54, 1.807) is 11.1 Å². The Kier molecular flexibility index (Phi) is 4.97. The topological polar surface area (TPSA) is 15.3 Å². The molecule has 2 unspecified atom stereocenters. The second kappa shape index (κ2) is 6.93. The molecule has 1 N–H and O–H groups in total. The molecule has 2 heteroatoms. The van der Waals surface area contributed by atoms with Crippen molar-refractivity contribution in [1.29, 1.82) is 0 Å². The number of hydrogen-bond acceptors (Lipinski definition) is 2. The Morgan fingerprint density at radius 2 is 2.10 bits per heavy atom. The smallest absolute Gasteiger partial charge is 0.0351 e. The lowest BCUT2D eigenvalue weighted by Crippen LogP contribution is -2.40. The lowest BCUT2D eigenvalue weighted by atomic mass is 9.86. The molecule has 116 valence electrons. The summed E-state index contributed by atoms with van der Waals surface area (Å²) in [5.41, 5.74) is 3.19. The third-order valence-electron chi connectivity index (χ3n) is 5.04. The van der Waals surface area contributed by atoms with E-state index in [9.17, 15) is 0 Å². The Morgan fingerprint density at radius 3 is 2.95 bits per heavy atom. The van der Waals surface area contributed by atoms with Crippen molar-refractivity contribution in [3.8, 4) is 0 Å². The van der Waals surface area contributed by atoms with E-state index in [-0.39, 0.29) is 0 Å². The van der Waals surface area contributed by atoms with Gasteiger partial charge in [0.1, 0.15) is 0 Å². The number of fused-ring (bicyclic) bond motifs is 1. The molecule has 21 heavy (non-hydrogen) atoms. The first-order chi connectivity index (χ1) is 10.2. The fourth-order valence-corrected chi connectivity index (χ4v) is 4.14. The fraction of sp³-hybridized carbons (Fsp3) is 0.684. The van der Waals surface area contributed by atoms with Crippen molar-refractivity contribution in [2.45, 2.75) is 58.0 Å². The molecule has 0 amide bonds. The van der Waals surface area contributed by atoms with Crippen molar-refractivity contribution >= 4 is 0 Å². The van der Waals surface area contributed by atoms with E-state index >= 15 is 0 Å². The Bertz CT molecular complexity index is 455. The fourth-order valence-electron chi connectivity index (χ4n) is 4.14. The van der Waals surface area contributed by atoms with Crippen LogP contribution in [0.25, 0.3) is 0 Å². The summed E-state index contributed by atoms with van der Waals surface area (Å²) in [5, 5.41) is 3.76. The highest BCUT2D eigenvalue weighted by Crippen LogP contribution is 2.34. The van der Waals surface area contributed by atoms with Crippen molar-refractivity contribution in [2.24, 2.45) is 5.92 Å². The van der Waals surface area contributed by atoms with Gasteiger partial charge in [-0.25, -0.2) is 0 Å². The molecule has 1 aromatic carbocycles. The molecule has 0 aromatic heterocycles. The molecule has 1 aromatic rings. The van der Waals surface area contributed by atoms with Crippen LogP contribution >= 0.6 is 0 Å². The first-order valence-corrected chi connectivity index (χ1v) is 8.79. The van der Waals surface area contributed by atoms with Crippen LogP contribution in [0.15, 0.2) is 24.3 Å². The highest BCUT2D eigenvalue weighted by Gasteiger charge is 2.28. The van der Waals surface area contributed by atoms with E-state index in [2.05, 4.69) is 48.3 Å². The van der Waals surface area contributed by atoms with Gasteiger partial charge in [0, 0.05) is 25.2 Å². The summed E-state index contributed by atoms with van der Waals surface area (Å²) in [6.07, 6.45) is 6.54. The molecular formula is C19H30N2. The van der Waals surface area contributed by atoms with Crippen LogP contribution in [0.5, 0.6) is 0 Å². The van der Waals surface area contributed by atoms with Crippen LogP contribution in [0, 0.1) is 5.92 Å². The third kappa shape index (κ3) is 3.67. The number of benzene rings is 1. The number of nitrogens with zero attached hydrogens (tertiary/aromatic N) is 1. The van der Waals surface area contributed by atoms with Gasteiger partial charge in [-0.2, -0.15) is 0 Å². The van der Waals surface area contributed by atoms with E-state index < -0.39 is 0 Å². The molecule has 3 rings (SSSR count). The maximum Gasteiger partial charge on any atom is 0.0351 e. The second-order valence-electron chi connectivity index (χ2n) is 7.24. The zero-order valence-electron chi connectivity index (χ0n) is 13.6. The third-order valence-corrected chi connectivity index (χ3v) is 5.04. The number of aryl methyl sites for hydroxylation is 1.